The number of hydrogen-bond acceptors (Lipinski definition) is 4. The Morgan fingerprint density at radius 2 is 2.05 bits per heavy atom. The maximum absolute atomic E-state index is 12.4. The highest BCUT2D eigenvalue weighted by molar-refractivity contribution is 5.60. The first-order valence-electron chi connectivity index (χ1n) is 6.60. The van der Waals surface area contributed by atoms with Crippen LogP contribution in [0.2, 0.25) is 0 Å². The Labute approximate surface area is 117 Å². The first-order valence-corrected chi connectivity index (χ1v) is 6.60. The summed E-state index contributed by atoms with van der Waals surface area (Å²) in [5.41, 5.74) is -0.166. The Bertz CT molecular complexity index is 636. The second-order valence-corrected chi connectivity index (χ2v) is 4.91. The van der Waals surface area contributed by atoms with Gasteiger partial charge in [-0.25, -0.2) is 4.79 Å². The fourth-order valence-electron chi connectivity index (χ4n) is 2.50. The van der Waals surface area contributed by atoms with Crippen LogP contribution in [0.15, 0.2) is 21.2 Å². The molecule has 2 heterocycles. The summed E-state index contributed by atoms with van der Waals surface area (Å²) in [7, 11) is 1.61. The molecule has 1 aliphatic heterocycles. The van der Waals surface area contributed by atoms with Crippen LogP contribution in [0.1, 0.15) is 18.5 Å². The molecule has 1 saturated heterocycles. The minimum Gasteiger partial charge on any atom is -0.381 e. The molecule has 0 radical (unpaired) electrons. The summed E-state index contributed by atoms with van der Waals surface area (Å²) in [6, 6.07) is 0. The lowest BCUT2D eigenvalue weighted by Crippen LogP contribution is -2.42. The summed E-state index contributed by atoms with van der Waals surface area (Å²) < 4.78 is 7.92. The number of aliphatic imine (C=N–C) groups is 1. The maximum atomic E-state index is 12.4. The van der Waals surface area contributed by atoms with Crippen molar-refractivity contribution in [2.24, 2.45) is 18.0 Å². The third-order valence-electron chi connectivity index (χ3n) is 3.70. The molecule has 0 bridgehead atoms. The van der Waals surface area contributed by atoms with Gasteiger partial charge in [-0.2, -0.15) is 0 Å². The molecule has 1 aliphatic rings. The van der Waals surface area contributed by atoms with Crippen LogP contribution in [-0.2, 0) is 18.3 Å². The van der Waals surface area contributed by atoms with Gasteiger partial charge in [-0.15, -0.1) is 0 Å². The van der Waals surface area contributed by atoms with Crippen LogP contribution >= 0.6 is 0 Å². The molecule has 1 aromatic rings. The third-order valence-corrected chi connectivity index (χ3v) is 3.70. The van der Waals surface area contributed by atoms with Crippen LogP contribution in [0.25, 0.3) is 6.08 Å². The second-order valence-electron chi connectivity index (χ2n) is 4.91. The van der Waals surface area contributed by atoms with E-state index in [0.717, 1.165) is 12.8 Å². The van der Waals surface area contributed by atoms with Crippen LogP contribution in [0.4, 0.5) is 5.69 Å². The average Bonchev–Trinajstić information content (AvgIpc) is 2.48. The molecule has 1 fully saturated rings. The predicted octanol–water partition coefficient (Wildman–Crippen LogP) is 0.949. The third kappa shape index (κ3) is 2.51. The Morgan fingerprint density at radius 3 is 2.60 bits per heavy atom. The van der Waals surface area contributed by atoms with Crippen LogP contribution in [-0.4, -0.2) is 29.1 Å². The number of ether oxygens (including phenoxy) is 1. The summed E-state index contributed by atoms with van der Waals surface area (Å²) in [6.45, 7) is 8.78. The highest BCUT2D eigenvalue weighted by atomic mass is 16.5. The van der Waals surface area contributed by atoms with Crippen molar-refractivity contribution in [2.75, 3.05) is 13.2 Å². The molecule has 1 aromatic heterocycles. The first kappa shape index (κ1) is 14.5. The zero-order valence-electron chi connectivity index (χ0n) is 11.7. The van der Waals surface area contributed by atoms with Crippen molar-refractivity contribution in [3.05, 3.63) is 33.1 Å². The molecule has 2 rings (SSSR count). The van der Waals surface area contributed by atoms with E-state index < -0.39 is 5.56 Å². The number of rotatable bonds is 4. The lowest BCUT2D eigenvalue weighted by molar-refractivity contribution is 0.0604. The van der Waals surface area contributed by atoms with Crippen molar-refractivity contribution in [3.63, 3.8) is 0 Å². The molecule has 0 aromatic carbocycles. The van der Waals surface area contributed by atoms with Gasteiger partial charge in [0.2, 0.25) is 0 Å². The van der Waals surface area contributed by atoms with Gasteiger partial charge in [-0.05, 0) is 31.6 Å². The topological polar surface area (TPSA) is 65.6 Å². The highest BCUT2D eigenvalue weighted by Gasteiger charge is 2.19. The number of aromatic nitrogens is 2. The molecule has 6 heteroatoms. The zero-order valence-corrected chi connectivity index (χ0v) is 11.7. The molecule has 0 N–H and O–H groups in total. The molecule has 0 atom stereocenters. The maximum Gasteiger partial charge on any atom is 0.331 e. The van der Waals surface area contributed by atoms with E-state index in [0.29, 0.717) is 25.5 Å². The smallest absolute Gasteiger partial charge is 0.331 e. The predicted molar refractivity (Wildman–Crippen MR) is 78.8 cm³/mol. The summed E-state index contributed by atoms with van der Waals surface area (Å²) in [5, 5.41) is 0. The minimum atomic E-state index is -0.399. The van der Waals surface area contributed by atoms with Crippen LogP contribution in [0.3, 0.4) is 0 Å². The minimum absolute atomic E-state index is 0.175. The van der Waals surface area contributed by atoms with Gasteiger partial charge in [-0.3, -0.25) is 18.9 Å². The number of hydrogen-bond donors (Lipinski definition) is 0. The van der Waals surface area contributed by atoms with E-state index in [-0.39, 0.29) is 17.3 Å². The Kier molecular flexibility index (Phi) is 4.34. The Morgan fingerprint density at radius 1 is 1.40 bits per heavy atom. The zero-order chi connectivity index (χ0) is 14.7. The van der Waals surface area contributed by atoms with Gasteiger partial charge in [0, 0.05) is 26.8 Å². The molecule has 0 amide bonds. The SMILES string of the molecule is C=Cc1c(N=C)c(=O)n(CC2CCOCC2)c(=O)n1C. The second kappa shape index (κ2) is 6.00. The van der Waals surface area contributed by atoms with Gasteiger partial charge in [0.05, 0.1) is 5.69 Å². The fraction of sp³-hybridized carbons (Fsp3) is 0.500. The van der Waals surface area contributed by atoms with E-state index in [4.69, 9.17) is 4.74 Å². The van der Waals surface area contributed by atoms with Crippen molar-refractivity contribution < 1.29 is 4.74 Å². The largest absolute Gasteiger partial charge is 0.381 e. The molecule has 0 saturated carbocycles. The molecule has 0 spiro atoms. The van der Waals surface area contributed by atoms with E-state index in [9.17, 15) is 9.59 Å². The van der Waals surface area contributed by atoms with Crippen LogP contribution in [0.5, 0.6) is 0 Å². The van der Waals surface area contributed by atoms with Crippen molar-refractivity contribution in [1.29, 1.82) is 0 Å². The summed E-state index contributed by atoms with van der Waals surface area (Å²) >= 11 is 0. The van der Waals surface area contributed by atoms with E-state index >= 15 is 0 Å². The van der Waals surface area contributed by atoms with Crippen LogP contribution in [0, 0.1) is 5.92 Å². The van der Waals surface area contributed by atoms with E-state index in [2.05, 4.69) is 18.3 Å². The number of nitrogens with zero attached hydrogens (tertiary/aromatic N) is 3. The lowest BCUT2D eigenvalue weighted by atomic mass is 10.0. The lowest BCUT2D eigenvalue weighted by Gasteiger charge is -2.23. The van der Waals surface area contributed by atoms with Crippen molar-refractivity contribution in [1.82, 2.24) is 9.13 Å². The van der Waals surface area contributed by atoms with Crippen LogP contribution < -0.4 is 11.2 Å². The van der Waals surface area contributed by atoms with E-state index in [1.54, 1.807) is 7.05 Å². The van der Waals surface area contributed by atoms with Gasteiger partial charge < -0.3 is 4.74 Å². The molecular formula is C14H19N3O3. The van der Waals surface area contributed by atoms with Gasteiger partial charge in [0.25, 0.3) is 5.56 Å². The molecule has 0 unspecified atom stereocenters. The standard InChI is InChI=1S/C14H19N3O3/c1-4-11-12(15-2)13(18)17(14(19)16(11)3)9-10-5-7-20-8-6-10/h4,10H,1-2,5-9H2,3H3. The van der Waals surface area contributed by atoms with Gasteiger partial charge in [0.1, 0.15) is 0 Å². The molecule has 20 heavy (non-hydrogen) atoms. The van der Waals surface area contributed by atoms with Crippen molar-refractivity contribution >= 4 is 18.5 Å². The molecule has 6 nitrogen and oxygen atoms in total. The monoisotopic (exact) mass is 277 g/mol. The molecule has 108 valence electrons. The van der Waals surface area contributed by atoms with E-state index in [1.807, 2.05) is 0 Å². The first-order chi connectivity index (χ1) is 9.60. The fourth-order valence-corrected chi connectivity index (χ4v) is 2.50. The van der Waals surface area contributed by atoms with Gasteiger partial charge >= 0.3 is 5.69 Å². The summed E-state index contributed by atoms with van der Waals surface area (Å²) in [6.07, 6.45) is 3.16. The highest BCUT2D eigenvalue weighted by Crippen LogP contribution is 2.17. The quantitative estimate of drug-likeness (QED) is 0.770. The normalized spacial score (nSPS) is 16.1. The Balaban J connectivity index is 2.50. The Hall–Kier alpha value is -1.95. The van der Waals surface area contributed by atoms with Gasteiger partial charge in [0.15, 0.2) is 5.69 Å². The van der Waals surface area contributed by atoms with Crippen molar-refractivity contribution in [2.45, 2.75) is 19.4 Å². The van der Waals surface area contributed by atoms with Gasteiger partial charge in [-0.1, -0.05) is 6.58 Å². The van der Waals surface area contributed by atoms with E-state index in [1.165, 1.54) is 15.2 Å². The molecular weight excluding hydrogens is 258 g/mol. The molecule has 0 aliphatic carbocycles. The summed E-state index contributed by atoms with van der Waals surface area (Å²) in [4.78, 5) is 28.4. The summed E-state index contributed by atoms with van der Waals surface area (Å²) in [5.74, 6) is 0.279. The van der Waals surface area contributed by atoms with Crippen molar-refractivity contribution in [3.8, 4) is 0 Å². The average molecular weight is 277 g/mol.